The van der Waals surface area contributed by atoms with E-state index in [2.05, 4.69) is 10.6 Å². The van der Waals surface area contributed by atoms with Crippen molar-refractivity contribution >= 4 is 23.5 Å². The maximum atomic E-state index is 14.1. The summed E-state index contributed by atoms with van der Waals surface area (Å²) < 4.78 is 14.1. The first kappa shape index (κ1) is 20.6. The second-order valence-corrected chi connectivity index (χ2v) is 6.52. The molecular formula is C18H25FN2O4. The fourth-order valence-electron chi connectivity index (χ4n) is 2.24. The molecule has 1 aromatic carbocycles. The van der Waals surface area contributed by atoms with Crippen LogP contribution in [0.4, 0.5) is 10.1 Å². The van der Waals surface area contributed by atoms with Crippen LogP contribution in [0.5, 0.6) is 0 Å². The van der Waals surface area contributed by atoms with Gasteiger partial charge in [-0.05, 0) is 30.0 Å². The second-order valence-electron chi connectivity index (χ2n) is 6.52. The quantitative estimate of drug-likeness (QED) is 0.670. The Morgan fingerprint density at radius 2 is 1.84 bits per heavy atom. The van der Waals surface area contributed by atoms with E-state index in [0.29, 0.717) is 6.42 Å². The molecule has 0 saturated heterocycles. The Morgan fingerprint density at radius 1 is 1.20 bits per heavy atom. The summed E-state index contributed by atoms with van der Waals surface area (Å²) in [5, 5.41) is 14.1. The van der Waals surface area contributed by atoms with Crippen LogP contribution < -0.4 is 10.6 Å². The van der Waals surface area contributed by atoms with E-state index in [9.17, 15) is 23.9 Å². The lowest BCUT2D eigenvalue weighted by Gasteiger charge is -2.20. The Bertz CT molecular complexity index is 646. The molecule has 1 rings (SSSR count). The summed E-state index contributed by atoms with van der Waals surface area (Å²) in [6.45, 7) is 7.28. The van der Waals surface area contributed by atoms with Crippen molar-refractivity contribution in [3.8, 4) is 0 Å². The van der Waals surface area contributed by atoms with E-state index in [4.69, 9.17) is 0 Å². The Balaban J connectivity index is 2.86. The number of amides is 2. The minimum absolute atomic E-state index is 0.00564. The van der Waals surface area contributed by atoms with Gasteiger partial charge in [-0.1, -0.05) is 34.1 Å². The van der Waals surface area contributed by atoms with Gasteiger partial charge in [0.1, 0.15) is 11.9 Å². The highest BCUT2D eigenvalue weighted by molar-refractivity contribution is 5.97. The van der Waals surface area contributed by atoms with Crippen molar-refractivity contribution in [3.05, 3.63) is 29.6 Å². The SMILES string of the molecule is CCC(C)C(NC(=O)c1ccc(NC(=O)CC(C)C)c(F)c1)C(=O)O. The maximum absolute atomic E-state index is 14.1. The zero-order valence-corrected chi connectivity index (χ0v) is 14.9. The van der Waals surface area contributed by atoms with Gasteiger partial charge >= 0.3 is 5.97 Å². The molecular weight excluding hydrogens is 327 g/mol. The molecule has 0 aliphatic carbocycles. The van der Waals surface area contributed by atoms with Gasteiger partial charge in [0.25, 0.3) is 5.91 Å². The van der Waals surface area contributed by atoms with Crippen LogP contribution in [0.2, 0.25) is 0 Å². The summed E-state index contributed by atoms with van der Waals surface area (Å²) in [6, 6.07) is 2.57. The molecule has 2 atom stereocenters. The van der Waals surface area contributed by atoms with E-state index in [1.165, 1.54) is 12.1 Å². The molecule has 0 aliphatic heterocycles. The van der Waals surface area contributed by atoms with E-state index in [1.54, 1.807) is 6.92 Å². The number of hydrogen-bond acceptors (Lipinski definition) is 3. The zero-order valence-electron chi connectivity index (χ0n) is 14.9. The molecule has 7 heteroatoms. The molecule has 0 aliphatic rings. The average molecular weight is 352 g/mol. The van der Waals surface area contributed by atoms with Crippen LogP contribution in [0.15, 0.2) is 18.2 Å². The first-order valence-corrected chi connectivity index (χ1v) is 8.28. The van der Waals surface area contributed by atoms with E-state index < -0.39 is 23.7 Å². The summed E-state index contributed by atoms with van der Waals surface area (Å²) in [6.07, 6.45) is 0.837. The van der Waals surface area contributed by atoms with Gasteiger partial charge in [0.05, 0.1) is 5.69 Å². The van der Waals surface area contributed by atoms with E-state index in [1.807, 2.05) is 20.8 Å². The van der Waals surface area contributed by atoms with Crippen LogP contribution in [0.3, 0.4) is 0 Å². The molecule has 0 fully saturated rings. The molecule has 2 amide bonds. The molecule has 25 heavy (non-hydrogen) atoms. The lowest BCUT2D eigenvalue weighted by Crippen LogP contribution is -2.45. The fraction of sp³-hybridized carbons (Fsp3) is 0.500. The highest BCUT2D eigenvalue weighted by Gasteiger charge is 2.26. The van der Waals surface area contributed by atoms with Crippen LogP contribution in [0, 0.1) is 17.7 Å². The number of rotatable bonds is 8. The zero-order chi connectivity index (χ0) is 19.1. The first-order chi connectivity index (χ1) is 11.6. The third-order valence-corrected chi connectivity index (χ3v) is 3.86. The number of carboxylic acids is 1. The van der Waals surface area contributed by atoms with Crippen molar-refractivity contribution in [3.63, 3.8) is 0 Å². The van der Waals surface area contributed by atoms with Crippen LogP contribution in [0.25, 0.3) is 0 Å². The Kier molecular flexibility index (Phi) is 7.54. The molecule has 1 aromatic rings. The molecule has 138 valence electrons. The minimum atomic E-state index is -1.14. The first-order valence-electron chi connectivity index (χ1n) is 8.28. The molecule has 3 N–H and O–H groups in total. The van der Waals surface area contributed by atoms with Crippen molar-refractivity contribution < 1.29 is 23.9 Å². The van der Waals surface area contributed by atoms with Crippen LogP contribution in [0.1, 0.15) is 50.9 Å². The largest absolute Gasteiger partial charge is 0.480 e. The summed E-state index contributed by atoms with van der Waals surface area (Å²) in [5.41, 5.74) is -0.0205. The van der Waals surface area contributed by atoms with Crippen molar-refractivity contribution in [2.75, 3.05) is 5.32 Å². The smallest absolute Gasteiger partial charge is 0.326 e. The molecule has 0 heterocycles. The van der Waals surface area contributed by atoms with E-state index in [-0.39, 0.29) is 35.4 Å². The highest BCUT2D eigenvalue weighted by atomic mass is 19.1. The van der Waals surface area contributed by atoms with Gasteiger partial charge in [-0.2, -0.15) is 0 Å². The summed E-state index contributed by atoms with van der Waals surface area (Å²) >= 11 is 0. The van der Waals surface area contributed by atoms with Gasteiger partial charge in [-0.15, -0.1) is 0 Å². The van der Waals surface area contributed by atoms with Crippen LogP contribution in [-0.2, 0) is 9.59 Å². The number of benzene rings is 1. The van der Waals surface area contributed by atoms with Gasteiger partial charge in [0.2, 0.25) is 5.91 Å². The standard InChI is InChI=1S/C18H25FN2O4/c1-5-11(4)16(18(24)25)21-17(23)12-6-7-14(13(19)9-12)20-15(22)8-10(2)3/h6-7,9-11,16H,5,8H2,1-4H3,(H,20,22)(H,21,23)(H,24,25). The predicted molar refractivity (Wildman–Crippen MR) is 92.8 cm³/mol. The van der Waals surface area contributed by atoms with Gasteiger partial charge < -0.3 is 15.7 Å². The summed E-state index contributed by atoms with van der Waals surface area (Å²) in [5.74, 6) is -3.00. The fourth-order valence-corrected chi connectivity index (χ4v) is 2.24. The van der Waals surface area contributed by atoms with Gasteiger partial charge in [-0.25, -0.2) is 9.18 Å². The number of nitrogens with one attached hydrogen (secondary N) is 2. The van der Waals surface area contributed by atoms with Gasteiger partial charge in [-0.3, -0.25) is 9.59 Å². The molecule has 0 aromatic heterocycles. The lowest BCUT2D eigenvalue weighted by atomic mass is 9.99. The Morgan fingerprint density at radius 3 is 2.32 bits per heavy atom. The molecule has 2 unspecified atom stereocenters. The topological polar surface area (TPSA) is 95.5 Å². The average Bonchev–Trinajstić information content (AvgIpc) is 2.52. The second kappa shape index (κ2) is 9.15. The van der Waals surface area contributed by atoms with Crippen molar-refractivity contribution in [2.24, 2.45) is 11.8 Å². The molecule has 0 saturated carbocycles. The Labute approximate surface area is 146 Å². The van der Waals surface area contributed by atoms with E-state index >= 15 is 0 Å². The van der Waals surface area contributed by atoms with Crippen molar-refractivity contribution in [1.29, 1.82) is 0 Å². The third kappa shape index (κ3) is 6.17. The number of carbonyl (C=O) groups is 3. The minimum Gasteiger partial charge on any atom is -0.480 e. The van der Waals surface area contributed by atoms with Crippen LogP contribution in [-0.4, -0.2) is 28.9 Å². The lowest BCUT2D eigenvalue weighted by molar-refractivity contribution is -0.140. The summed E-state index contributed by atoms with van der Waals surface area (Å²) in [4.78, 5) is 35.1. The molecule has 0 bridgehead atoms. The van der Waals surface area contributed by atoms with Crippen molar-refractivity contribution in [2.45, 2.75) is 46.6 Å². The number of hydrogen-bond donors (Lipinski definition) is 3. The number of carboxylic acid groups (broad SMARTS) is 1. The van der Waals surface area contributed by atoms with Gasteiger partial charge in [0, 0.05) is 12.0 Å². The van der Waals surface area contributed by atoms with E-state index in [0.717, 1.165) is 6.07 Å². The predicted octanol–water partition coefficient (Wildman–Crippen LogP) is 3.04. The highest BCUT2D eigenvalue weighted by Crippen LogP contribution is 2.17. The number of halogens is 1. The third-order valence-electron chi connectivity index (χ3n) is 3.86. The number of anilines is 1. The van der Waals surface area contributed by atoms with Crippen LogP contribution >= 0.6 is 0 Å². The molecule has 0 spiro atoms. The van der Waals surface area contributed by atoms with Gasteiger partial charge in [0.15, 0.2) is 0 Å². The number of carbonyl (C=O) groups excluding carboxylic acids is 2. The van der Waals surface area contributed by atoms with Crippen molar-refractivity contribution in [1.82, 2.24) is 5.32 Å². The number of aliphatic carboxylic acids is 1. The normalized spacial score (nSPS) is 13.2. The molecule has 6 nitrogen and oxygen atoms in total. The summed E-state index contributed by atoms with van der Waals surface area (Å²) in [7, 11) is 0. The molecule has 0 radical (unpaired) electrons. The monoisotopic (exact) mass is 352 g/mol. The Hall–Kier alpha value is -2.44. The maximum Gasteiger partial charge on any atom is 0.326 e.